The van der Waals surface area contributed by atoms with Crippen LogP contribution in [0, 0.1) is 12.3 Å². The third-order valence-electron chi connectivity index (χ3n) is 1.95. The summed E-state index contributed by atoms with van der Waals surface area (Å²) in [4.78, 5) is 0.212. The Balaban J connectivity index is 3.09. The quantitative estimate of drug-likeness (QED) is 0.779. The molecule has 0 aliphatic rings. The minimum Gasteiger partial charge on any atom is -0.373 e. The fourth-order valence-corrected chi connectivity index (χ4v) is 2.80. The Morgan fingerprint density at radius 1 is 1.35 bits per heavy atom. The van der Waals surface area contributed by atoms with Crippen LogP contribution in [0.4, 0.5) is 5.69 Å². The zero-order valence-electron chi connectivity index (χ0n) is 9.90. The zero-order chi connectivity index (χ0) is 12.9. The van der Waals surface area contributed by atoms with E-state index >= 15 is 0 Å². The molecule has 5 heteroatoms. The van der Waals surface area contributed by atoms with Gasteiger partial charge in [-0.1, -0.05) is 18.1 Å². The largest absolute Gasteiger partial charge is 0.373 e. The summed E-state index contributed by atoms with van der Waals surface area (Å²) in [7, 11) is -3.50. The highest BCUT2D eigenvalue weighted by Crippen LogP contribution is 2.20. The number of hydrogen-bond donors (Lipinski definition) is 2. The summed E-state index contributed by atoms with van der Waals surface area (Å²) < 4.78 is 26.6. The van der Waals surface area contributed by atoms with Gasteiger partial charge in [-0.2, -0.15) is 0 Å². The van der Waals surface area contributed by atoms with Crippen molar-refractivity contribution in [2.24, 2.45) is 0 Å². The van der Waals surface area contributed by atoms with Gasteiger partial charge in [0.25, 0.3) is 0 Å². The molecule has 0 unspecified atom stereocenters. The predicted octanol–water partition coefficient (Wildman–Crippen LogP) is 1.42. The Kier molecular flexibility index (Phi) is 4.55. The Morgan fingerprint density at radius 2 is 2.00 bits per heavy atom. The molecule has 17 heavy (non-hydrogen) atoms. The van der Waals surface area contributed by atoms with Crippen LogP contribution in [0.1, 0.15) is 13.8 Å². The van der Waals surface area contributed by atoms with Crippen molar-refractivity contribution in [3.63, 3.8) is 0 Å². The Morgan fingerprint density at radius 3 is 2.59 bits per heavy atom. The molecule has 0 spiro atoms. The van der Waals surface area contributed by atoms with E-state index in [-0.39, 0.29) is 17.5 Å². The number of para-hydroxylation sites is 1. The molecular formula is C12H16N2O2S. The summed E-state index contributed by atoms with van der Waals surface area (Å²) in [6, 6.07) is 6.51. The lowest BCUT2D eigenvalue weighted by Crippen LogP contribution is -2.30. The molecule has 4 nitrogen and oxygen atoms in total. The third-order valence-corrected chi connectivity index (χ3v) is 3.67. The summed E-state index contributed by atoms with van der Waals surface area (Å²) in [6.45, 7) is 3.83. The molecule has 0 saturated heterocycles. The van der Waals surface area contributed by atoms with Gasteiger partial charge in [-0.25, -0.2) is 13.1 Å². The molecule has 0 atom stereocenters. The Bertz CT molecular complexity index is 516. The monoisotopic (exact) mass is 252 g/mol. The number of benzene rings is 1. The van der Waals surface area contributed by atoms with Crippen molar-refractivity contribution in [1.29, 1.82) is 0 Å². The average molecular weight is 252 g/mol. The number of anilines is 1. The first kappa shape index (κ1) is 13.6. The van der Waals surface area contributed by atoms with Crippen LogP contribution < -0.4 is 10.0 Å². The lowest BCUT2D eigenvalue weighted by atomic mass is 10.3. The number of hydrogen-bond acceptors (Lipinski definition) is 3. The maximum atomic E-state index is 12.0. The van der Waals surface area contributed by atoms with Crippen molar-refractivity contribution in [3.05, 3.63) is 24.3 Å². The first-order valence-corrected chi connectivity index (χ1v) is 6.74. The van der Waals surface area contributed by atoms with E-state index < -0.39 is 10.0 Å². The first-order chi connectivity index (χ1) is 7.97. The maximum absolute atomic E-state index is 12.0. The number of sulfonamides is 1. The minimum atomic E-state index is -3.50. The topological polar surface area (TPSA) is 58.2 Å². The molecule has 1 aromatic rings. The van der Waals surface area contributed by atoms with E-state index in [0.29, 0.717) is 5.69 Å². The summed E-state index contributed by atoms with van der Waals surface area (Å²) in [5.74, 6) is 2.41. The summed E-state index contributed by atoms with van der Waals surface area (Å²) in [5, 5.41) is 2.89. The van der Waals surface area contributed by atoms with Crippen LogP contribution in [0.2, 0.25) is 0 Å². The van der Waals surface area contributed by atoms with Gasteiger partial charge in [-0.15, -0.1) is 6.42 Å². The van der Waals surface area contributed by atoms with Gasteiger partial charge in [-0.05, 0) is 26.0 Å². The van der Waals surface area contributed by atoms with Gasteiger partial charge in [-0.3, -0.25) is 0 Å². The van der Waals surface area contributed by atoms with Crippen LogP contribution in [0.15, 0.2) is 29.2 Å². The highest BCUT2D eigenvalue weighted by molar-refractivity contribution is 7.89. The second-order valence-electron chi connectivity index (χ2n) is 3.83. The minimum absolute atomic E-state index is 0.152. The van der Waals surface area contributed by atoms with E-state index in [1.807, 2.05) is 0 Å². The molecule has 0 amide bonds. The van der Waals surface area contributed by atoms with Crippen LogP contribution in [0.25, 0.3) is 0 Å². The molecule has 0 saturated carbocycles. The molecule has 0 aliphatic carbocycles. The molecule has 0 aliphatic heterocycles. The zero-order valence-corrected chi connectivity index (χ0v) is 10.7. The SMILES string of the molecule is C#CCNc1ccccc1S(=O)(=O)NC(C)C. The van der Waals surface area contributed by atoms with Crippen molar-refractivity contribution in [2.45, 2.75) is 24.8 Å². The van der Waals surface area contributed by atoms with Crippen LogP contribution in [-0.4, -0.2) is 21.0 Å². The maximum Gasteiger partial charge on any atom is 0.242 e. The molecule has 2 N–H and O–H groups in total. The molecular weight excluding hydrogens is 236 g/mol. The van der Waals surface area contributed by atoms with Gasteiger partial charge in [0.1, 0.15) is 4.90 Å². The lowest BCUT2D eigenvalue weighted by Gasteiger charge is -2.13. The van der Waals surface area contributed by atoms with Crippen LogP contribution in [-0.2, 0) is 10.0 Å². The normalized spacial score (nSPS) is 11.2. The van der Waals surface area contributed by atoms with Gasteiger partial charge in [0.2, 0.25) is 10.0 Å². The van der Waals surface area contributed by atoms with Gasteiger partial charge in [0.15, 0.2) is 0 Å². The van der Waals surface area contributed by atoms with Crippen LogP contribution in [0.3, 0.4) is 0 Å². The van der Waals surface area contributed by atoms with Gasteiger partial charge in [0, 0.05) is 6.04 Å². The lowest BCUT2D eigenvalue weighted by molar-refractivity contribution is 0.570. The standard InChI is InChI=1S/C12H16N2O2S/c1-4-9-13-11-7-5-6-8-12(11)17(15,16)14-10(2)3/h1,5-8,10,13-14H,9H2,2-3H3. The highest BCUT2D eigenvalue weighted by Gasteiger charge is 2.18. The van der Waals surface area contributed by atoms with Crippen molar-refractivity contribution in [1.82, 2.24) is 4.72 Å². The van der Waals surface area contributed by atoms with Gasteiger partial charge < -0.3 is 5.32 Å². The first-order valence-electron chi connectivity index (χ1n) is 5.26. The smallest absolute Gasteiger partial charge is 0.242 e. The van der Waals surface area contributed by atoms with Crippen molar-refractivity contribution in [2.75, 3.05) is 11.9 Å². The average Bonchev–Trinajstić information content (AvgIpc) is 2.25. The number of nitrogens with one attached hydrogen (secondary N) is 2. The Hall–Kier alpha value is -1.51. The summed E-state index contributed by atoms with van der Waals surface area (Å²) >= 11 is 0. The van der Waals surface area contributed by atoms with Gasteiger partial charge in [0.05, 0.1) is 12.2 Å². The van der Waals surface area contributed by atoms with Crippen molar-refractivity contribution in [3.8, 4) is 12.3 Å². The van der Waals surface area contributed by atoms with E-state index in [1.165, 1.54) is 0 Å². The number of rotatable bonds is 5. The summed E-state index contributed by atoms with van der Waals surface area (Å²) in [6.07, 6.45) is 5.14. The second kappa shape index (κ2) is 5.71. The fourth-order valence-electron chi connectivity index (χ4n) is 1.37. The third kappa shape index (κ3) is 3.77. The van der Waals surface area contributed by atoms with E-state index in [1.54, 1.807) is 38.1 Å². The summed E-state index contributed by atoms with van der Waals surface area (Å²) in [5.41, 5.74) is 0.513. The molecule has 92 valence electrons. The van der Waals surface area contributed by atoms with Crippen molar-refractivity contribution < 1.29 is 8.42 Å². The Labute approximate surface area is 102 Å². The van der Waals surface area contributed by atoms with E-state index in [2.05, 4.69) is 16.0 Å². The number of terminal acetylenes is 1. The molecule has 0 aromatic heterocycles. The van der Waals surface area contributed by atoms with E-state index in [9.17, 15) is 8.42 Å². The van der Waals surface area contributed by atoms with E-state index in [0.717, 1.165) is 0 Å². The highest BCUT2D eigenvalue weighted by atomic mass is 32.2. The molecule has 0 bridgehead atoms. The molecule has 1 aromatic carbocycles. The molecule has 0 fully saturated rings. The second-order valence-corrected chi connectivity index (χ2v) is 5.51. The van der Waals surface area contributed by atoms with Crippen LogP contribution in [0.5, 0.6) is 0 Å². The predicted molar refractivity (Wildman–Crippen MR) is 69.2 cm³/mol. The van der Waals surface area contributed by atoms with Crippen LogP contribution >= 0.6 is 0 Å². The molecule has 0 heterocycles. The van der Waals surface area contributed by atoms with E-state index in [4.69, 9.17) is 6.42 Å². The van der Waals surface area contributed by atoms with Crippen molar-refractivity contribution >= 4 is 15.7 Å². The fraction of sp³-hybridized carbons (Fsp3) is 0.333. The molecule has 0 radical (unpaired) electrons. The molecule has 1 rings (SSSR count). The van der Waals surface area contributed by atoms with Gasteiger partial charge >= 0.3 is 0 Å².